The van der Waals surface area contributed by atoms with Crippen molar-refractivity contribution in [2.75, 3.05) is 13.2 Å². The minimum Gasteiger partial charge on any atom is -0.491 e. The third-order valence-corrected chi connectivity index (χ3v) is 2.25. The van der Waals surface area contributed by atoms with E-state index in [4.69, 9.17) is 4.74 Å². The van der Waals surface area contributed by atoms with E-state index >= 15 is 0 Å². The van der Waals surface area contributed by atoms with E-state index in [1.165, 1.54) is 24.3 Å². The molecule has 0 spiro atoms. The van der Waals surface area contributed by atoms with Gasteiger partial charge in [0.2, 0.25) is 0 Å². The van der Waals surface area contributed by atoms with Crippen LogP contribution in [-0.4, -0.2) is 35.3 Å². The van der Waals surface area contributed by atoms with Crippen molar-refractivity contribution in [1.82, 2.24) is 5.32 Å². The first kappa shape index (κ1) is 14.4. The van der Waals surface area contributed by atoms with Gasteiger partial charge in [-0.1, -0.05) is 13.8 Å². The van der Waals surface area contributed by atoms with Gasteiger partial charge in [0.15, 0.2) is 0 Å². The number of nitrogens with one attached hydrogen (secondary N) is 1. The van der Waals surface area contributed by atoms with Gasteiger partial charge in [0.25, 0.3) is 5.69 Å². The molecule has 0 aliphatic rings. The minimum absolute atomic E-state index is 0.0179. The van der Waals surface area contributed by atoms with Gasteiger partial charge in [0.1, 0.15) is 18.5 Å². The number of hydrogen-bond donors (Lipinski definition) is 2. The van der Waals surface area contributed by atoms with Gasteiger partial charge in [0, 0.05) is 24.7 Å². The zero-order valence-corrected chi connectivity index (χ0v) is 10.5. The molecule has 0 saturated heterocycles. The average Bonchev–Trinajstić information content (AvgIpc) is 2.34. The van der Waals surface area contributed by atoms with E-state index in [2.05, 4.69) is 5.32 Å². The molecule has 0 amide bonds. The van der Waals surface area contributed by atoms with Crippen LogP contribution in [-0.2, 0) is 0 Å². The molecule has 1 aromatic rings. The molecule has 2 N–H and O–H groups in total. The Kier molecular flexibility index (Phi) is 5.54. The van der Waals surface area contributed by atoms with E-state index in [1.54, 1.807) is 0 Å². The monoisotopic (exact) mass is 254 g/mol. The standard InChI is InChI=1S/C12H18N2O4/c1-9(2)13-7-11(15)8-18-12-5-3-10(4-6-12)14(16)17/h3-6,9,11,13,15H,7-8H2,1-2H3. The van der Waals surface area contributed by atoms with Crippen molar-refractivity contribution in [2.45, 2.75) is 26.0 Å². The number of ether oxygens (including phenoxy) is 1. The van der Waals surface area contributed by atoms with Gasteiger partial charge in [0.05, 0.1) is 4.92 Å². The maximum absolute atomic E-state index is 10.4. The highest BCUT2D eigenvalue weighted by Crippen LogP contribution is 2.17. The Morgan fingerprint density at radius 2 is 2.00 bits per heavy atom. The normalized spacial score (nSPS) is 12.4. The van der Waals surface area contributed by atoms with Crippen molar-refractivity contribution in [3.8, 4) is 5.75 Å². The topological polar surface area (TPSA) is 84.6 Å². The lowest BCUT2D eigenvalue weighted by atomic mass is 10.3. The van der Waals surface area contributed by atoms with E-state index in [0.29, 0.717) is 18.3 Å². The van der Waals surface area contributed by atoms with Crippen molar-refractivity contribution in [1.29, 1.82) is 0 Å². The van der Waals surface area contributed by atoms with Crippen LogP contribution in [0.3, 0.4) is 0 Å². The number of benzene rings is 1. The molecule has 6 nitrogen and oxygen atoms in total. The highest BCUT2D eigenvalue weighted by atomic mass is 16.6. The number of nitrogens with zero attached hydrogens (tertiary/aromatic N) is 1. The fourth-order valence-corrected chi connectivity index (χ4v) is 1.29. The Morgan fingerprint density at radius 1 is 1.39 bits per heavy atom. The molecule has 0 fully saturated rings. The van der Waals surface area contributed by atoms with E-state index in [-0.39, 0.29) is 12.3 Å². The number of hydrogen-bond acceptors (Lipinski definition) is 5. The Labute approximate surface area is 106 Å². The second-order valence-corrected chi connectivity index (χ2v) is 4.28. The molecule has 0 heterocycles. The van der Waals surface area contributed by atoms with Gasteiger partial charge >= 0.3 is 0 Å². The van der Waals surface area contributed by atoms with Crippen LogP contribution in [0.2, 0.25) is 0 Å². The fourth-order valence-electron chi connectivity index (χ4n) is 1.29. The summed E-state index contributed by atoms with van der Waals surface area (Å²) in [7, 11) is 0. The van der Waals surface area contributed by atoms with Gasteiger partial charge < -0.3 is 15.2 Å². The maximum Gasteiger partial charge on any atom is 0.269 e. The van der Waals surface area contributed by atoms with Crippen molar-refractivity contribution in [3.63, 3.8) is 0 Å². The molecule has 1 atom stereocenters. The van der Waals surface area contributed by atoms with E-state index < -0.39 is 11.0 Å². The Morgan fingerprint density at radius 3 is 2.50 bits per heavy atom. The molecule has 0 aromatic heterocycles. The molecule has 0 saturated carbocycles. The Balaban J connectivity index is 2.36. The lowest BCUT2D eigenvalue weighted by Gasteiger charge is -2.14. The largest absolute Gasteiger partial charge is 0.491 e. The summed E-state index contributed by atoms with van der Waals surface area (Å²) in [6.45, 7) is 4.58. The molecule has 1 unspecified atom stereocenters. The first-order valence-corrected chi connectivity index (χ1v) is 5.77. The highest BCUT2D eigenvalue weighted by Gasteiger charge is 2.07. The lowest BCUT2D eigenvalue weighted by molar-refractivity contribution is -0.384. The molecule has 1 aromatic carbocycles. The van der Waals surface area contributed by atoms with E-state index in [0.717, 1.165) is 0 Å². The van der Waals surface area contributed by atoms with Crippen LogP contribution in [0.25, 0.3) is 0 Å². The van der Waals surface area contributed by atoms with Crippen LogP contribution in [0.4, 0.5) is 5.69 Å². The summed E-state index contributed by atoms with van der Waals surface area (Å²) in [5, 5.41) is 23.1. The van der Waals surface area contributed by atoms with Crippen LogP contribution in [0.1, 0.15) is 13.8 Å². The van der Waals surface area contributed by atoms with Crippen LogP contribution >= 0.6 is 0 Å². The first-order valence-electron chi connectivity index (χ1n) is 5.77. The maximum atomic E-state index is 10.4. The second-order valence-electron chi connectivity index (χ2n) is 4.28. The molecular formula is C12H18N2O4. The number of non-ortho nitro benzene ring substituents is 1. The van der Waals surface area contributed by atoms with Crippen molar-refractivity contribution in [2.24, 2.45) is 0 Å². The van der Waals surface area contributed by atoms with Gasteiger partial charge in [-0.25, -0.2) is 0 Å². The summed E-state index contributed by atoms with van der Waals surface area (Å²) in [6, 6.07) is 6.07. The second kappa shape index (κ2) is 6.93. The minimum atomic E-state index is -0.609. The summed E-state index contributed by atoms with van der Waals surface area (Å²) >= 11 is 0. The smallest absolute Gasteiger partial charge is 0.269 e. The summed E-state index contributed by atoms with van der Waals surface area (Å²) in [6.07, 6.45) is -0.609. The van der Waals surface area contributed by atoms with Crippen LogP contribution in [0, 0.1) is 10.1 Å². The van der Waals surface area contributed by atoms with Gasteiger partial charge in [-0.15, -0.1) is 0 Å². The average molecular weight is 254 g/mol. The van der Waals surface area contributed by atoms with Crippen LogP contribution in [0.5, 0.6) is 5.75 Å². The Hall–Kier alpha value is -1.66. The predicted molar refractivity (Wildman–Crippen MR) is 67.7 cm³/mol. The van der Waals surface area contributed by atoms with Gasteiger partial charge in [-0.3, -0.25) is 10.1 Å². The van der Waals surface area contributed by atoms with Crippen molar-refractivity contribution in [3.05, 3.63) is 34.4 Å². The predicted octanol–water partition coefficient (Wildman–Crippen LogP) is 1.33. The number of aliphatic hydroxyl groups excluding tert-OH is 1. The Bertz CT molecular complexity index is 378. The molecular weight excluding hydrogens is 236 g/mol. The molecule has 6 heteroatoms. The SMILES string of the molecule is CC(C)NCC(O)COc1ccc([N+](=O)[O-])cc1. The summed E-state index contributed by atoms with van der Waals surface area (Å²) in [4.78, 5) is 9.98. The molecule has 0 aliphatic heterocycles. The van der Waals surface area contributed by atoms with Gasteiger partial charge in [-0.2, -0.15) is 0 Å². The molecule has 18 heavy (non-hydrogen) atoms. The van der Waals surface area contributed by atoms with E-state index in [9.17, 15) is 15.2 Å². The summed E-state index contributed by atoms with van der Waals surface area (Å²) < 4.78 is 5.32. The molecule has 0 aliphatic carbocycles. The molecule has 0 radical (unpaired) electrons. The van der Waals surface area contributed by atoms with Crippen molar-refractivity contribution >= 4 is 5.69 Å². The number of aliphatic hydroxyl groups is 1. The summed E-state index contributed by atoms with van der Waals surface area (Å²) in [5.74, 6) is 0.504. The van der Waals surface area contributed by atoms with Crippen LogP contribution in [0.15, 0.2) is 24.3 Å². The fraction of sp³-hybridized carbons (Fsp3) is 0.500. The summed E-state index contributed by atoms with van der Waals surface area (Å²) in [5.41, 5.74) is 0.0179. The number of nitro groups is 1. The zero-order chi connectivity index (χ0) is 13.5. The molecule has 1 rings (SSSR count). The number of nitro benzene ring substituents is 1. The quantitative estimate of drug-likeness (QED) is 0.566. The molecule has 0 bridgehead atoms. The third kappa shape index (κ3) is 5.11. The van der Waals surface area contributed by atoms with E-state index in [1.807, 2.05) is 13.8 Å². The first-order chi connectivity index (χ1) is 8.49. The van der Waals surface area contributed by atoms with Gasteiger partial charge in [-0.05, 0) is 12.1 Å². The zero-order valence-electron chi connectivity index (χ0n) is 10.5. The van der Waals surface area contributed by atoms with Crippen molar-refractivity contribution < 1.29 is 14.8 Å². The number of rotatable bonds is 7. The highest BCUT2D eigenvalue weighted by molar-refractivity contribution is 5.35. The van der Waals surface area contributed by atoms with Crippen LogP contribution < -0.4 is 10.1 Å². The lowest BCUT2D eigenvalue weighted by Crippen LogP contribution is -2.35. The molecule has 100 valence electrons. The third-order valence-electron chi connectivity index (χ3n) is 2.25.